The van der Waals surface area contributed by atoms with Crippen molar-refractivity contribution in [1.29, 1.82) is 0 Å². The molecule has 0 bridgehead atoms. The number of rotatable bonds is 10. The van der Waals surface area contributed by atoms with Crippen LogP contribution in [0, 0.1) is 13.8 Å². The summed E-state index contributed by atoms with van der Waals surface area (Å²) < 4.78 is 11.3. The SMILES string of the molecule is COC(=O)c1c(OCc2ccc(-c3ccccc3)c(-c3nnn(C(c4ccccc4)(c4ccccc4)c4ccccc4)n3)c2)cc(C)nc1C. The van der Waals surface area contributed by atoms with Crippen molar-refractivity contribution in [2.24, 2.45) is 0 Å². The first-order valence-electron chi connectivity index (χ1n) is 16.3. The van der Waals surface area contributed by atoms with E-state index >= 15 is 0 Å². The Balaban J connectivity index is 1.37. The molecular formula is C42H35N5O3. The molecule has 50 heavy (non-hydrogen) atoms. The molecule has 7 aromatic rings. The van der Waals surface area contributed by atoms with Crippen molar-refractivity contribution in [1.82, 2.24) is 25.2 Å². The lowest BCUT2D eigenvalue weighted by molar-refractivity contribution is 0.0594. The fourth-order valence-corrected chi connectivity index (χ4v) is 6.50. The Hall–Kier alpha value is -6.41. The number of ether oxygens (including phenoxy) is 2. The molecule has 0 amide bonds. The summed E-state index contributed by atoms with van der Waals surface area (Å²) >= 11 is 0. The summed E-state index contributed by atoms with van der Waals surface area (Å²) in [6, 6.07) is 48.8. The van der Waals surface area contributed by atoms with Crippen LogP contribution in [0.15, 0.2) is 146 Å². The van der Waals surface area contributed by atoms with Crippen LogP contribution in [0.5, 0.6) is 5.75 Å². The second-order valence-corrected chi connectivity index (χ2v) is 12.0. The zero-order chi connectivity index (χ0) is 34.5. The van der Waals surface area contributed by atoms with Crippen LogP contribution in [0.25, 0.3) is 22.5 Å². The first-order valence-corrected chi connectivity index (χ1v) is 16.3. The molecule has 0 saturated heterocycles. The first kappa shape index (κ1) is 32.2. The van der Waals surface area contributed by atoms with E-state index in [0.29, 0.717) is 22.8 Å². The van der Waals surface area contributed by atoms with E-state index in [0.717, 1.165) is 44.6 Å². The number of methoxy groups -OCH3 is 1. The first-order chi connectivity index (χ1) is 24.5. The number of benzene rings is 5. The molecule has 0 aliphatic rings. The van der Waals surface area contributed by atoms with E-state index in [2.05, 4.69) is 53.5 Å². The Morgan fingerprint density at radius 3 is 1.82 bits per heavy atom. The maximum Gasteiger partial charge on any atom is 0.343 e. The van der Waals surface area contributed by atoms with Crippen molar-refractivity contribution < 1.29 is 14.3 Å². The predicted molar refractivity (Wildman–Crippen MR) is 193 cm³/mol. The van der Waals surface area contributed by atoms with Gasteiger partial charge in [-0.05, 0) is 58.5 Å². The Bertz CT molecular complexity index is 2140. The molecule has 8 heteroatoms. The van der Waals surface area contributed by atoms with Gasteiger partial charge in [0.1, 0.15) is 17.9 Å². The van der Waals surface area contributed by atoms with Gasteiger partial charge in [0.25, 0.3) is 0 Å². The molecule has 0 radical (unpaired) electrons. The van der Waals surface area contributed by atoms with E-state index in [1.165, 1.54) is 7.11 Å². The number of hydrogen-bond donors (Lipinski definition) is 0. The monoisotopic (exact) mass is 657 g/mol. The molecule has 5 aromatic carbocycles. The molecule has 2 aromatic heterocycles. The minimum atomic E-state index is -0.913. The van der Waals surface area contributed by atoms with Gasteiger partial charge in [-0.3, -0.25) is 4.98 Å². The van der Waals surface area contributed by atoms with Gasteiger partial charge in [-0.1, -0.05) is 133 Å². The lowest BCUT2D eigenvalue weighted by Gasteiger charge is -2.34. The fourth-order valence-electron chi connectivity index (χ4n) is 6.50. The normalized spacial score (nSPS) is 11.3. The highest BCUT2D eigenvalue weighted by atomic mass is 16.5. The molecule has 246 valence electrons. The number of pyridine rings is 1. The van der Waals surface area contributed by atoms with E-state index < -0.39 is 11.5 Å². The van der Waals surface area contributed by atoms with Gasteiger partial charge in [0.15, 0.2) is 5.54 Å². The van der Waals surface area contributed by atoms with E-state index in [1.54, 1.807) is 17.8 Å². The maximum absolute atomic E-state index is 12.6. The molecule has 0 atom stereocenters. The number of hydrogen-bond acceptors (Lipinski definition) is 7. The molecular weight excluding hydrogens is 622 g/mol. The average Bonchev–Trinajstić information content (AvgIpc) is 3.66. The van der Waals surface area contributed by atoms with E-state index in [1.807, 2.05) is 97.9 Å². The van der Waals surface area contributed by atoms with Gasteiger partial charge >= 0.3 is 5.97 Å². The van der Waals surface area contributed by atoms with Gasteiger partial charge in [0.05, 0.1) is 12.8 Å². The molecule has 0 aliphatic carbocycles. The Morgan fingerprint density at radius 2 is 1.26 bits per heavy atom. The standard InChI is InChI=1S/C42H35N5O3/c1-29-26-38(39(30(2)43-29)41(48)49-3)50-28-31-24-25-36(32-16-8-4-9-17-32)37(27-31)40-44-46-47(45-40)42(33-18-10-5-11-19-33,34-20-12-6-13-21-34)35-22-14-7-15-23-35/h4-27H,28H2,1-3H3. The number of nitrogens with zero attached hydrogens (tertiary/aromatic N) is 5. The second-order valence-electron chi connectivity index (χ2n) is 12.0. The quantitative estimate of drug-likeness (QED) is 0.108. The molecule has 0 aliphatic heterocycles. The van der Waals surface area contributed by atoms with Gasteiger partial charge in [-0.15, -0.1) is 15.0 Å². The van der Waals surface area contributed by atoms with Crippen molar-refractivity contribution in [2.75, 3.05) is 7.11 Å². The van der Waals surface area contributed by atoms with E-state index in [-0.39, 0.29) is 6.61 Å². The smallest absolute Gasteiger partial charge is 0.343 e. The number of aromatic nitrogens is 5. The minimum absolute atomic E-state index is 0.186. The van der Waals surface area contributed by atoms with Crippen molar-refractivity contribution >= 4 is 5.97 Å². The summed E-state index contributed by atoms with van der Waals surface area (Å²) in [5, 5.41) is 14.7. The Labute approximate surface area is 291 Å². The molecule has 7 rings (SSSR count). The largest absolute Gasteiger partial charge is 0.488 e. The van der Waals surface area contributed by atoms with Crippen molar-refractivity contribution in [3.8, 4) is 28.3 Å². The third kappa shape index (κ3) is 6.03. The number of carbonyl (C=O) groups is 1. The number of carbonyl (C=O) groups excluding carboxylic acids is 1. The predicted octanol–water partition coefficient (Wildman–Crippen LogP) is 8.22. The van der Waals surface area contributed by atoms with Gasteiger partial charge < -0.3 is 9.47 Å². The second kappa shape index (κ2) is 14.0. The van der Waals surface area contributed by atoms with Crippen LogP contribution in [0.4, 0.5) is 0 Å². The zero-order valence-corrected chi connectivity index (χ0v) is 28.0. The van der Waals surface area contributed by atoms with Crippen LogP contribution in [0.3, 0.4) is 0 Å². The van der Waals surface area contributed by atoms with Crippen LogP contribution in [0.1, 0.15) is 44.0 Å². The Kier molecular flexibility index (Phi) is 8.99. The van der Waals surface area contributed by atoms with Crippen molar-refractivity contribution in [2.45, 2.75) is 26.0 Å². The summed E-state index contributed by atoms with van der Waals surface area (Å²) in [6.45, 7) is 3.82. The van der Waals surface area contributed by atoms with Crippen LogP contribution in [-0.4, -0.2) is 38.3 Å². The summed E-state index contributed by atoms with van der Waals surface area (Å²) in [4.78, 5) is 18.8. The lowest BCUT2D eigenvalue weighted by Crippen LogP contribution is -2.39. The lowest BCUT2D eigenvalue weighted by atomic mass is 9.77. The topological polar surface area (TPSA) is 92.0 Å². The number of tetrazole rings is 1. The highest BCUT2D eigenvalue weighted by molar-refractivity contribution is 5.93. The van der Waals surface area contributed by atoms with E-state index in [4.69, 9.17) is 24.9 Å². The maximum atomic E-state index is 12.6. The Morgan fingerprint density at radius 1 is 0.700 bits per heavy atom. The summed E-state index contributed by atoms with van der Waals surface area (Å²) in [5.41, 5.74) is 7.29. The van der Waals surface area contributed by atoms with Crippen LogP contribution in [-0.2, 0) is 16.9 Å². The van der Waals surface area contributed by atoms with Gasteiger partial charge in [0.2, 0.25) is 5.82 Å². The molecule has 0 saturated carbocycles. The highest BCUT2D eigenvalue weighted by Crippen LogP contribution is 2.40. The number of esters is 1. The van der Waals surface area contributed by atoms with Crippen LogP contribution >= 0.6 is 0 Å². The summed E-state index contributed by atoms with van der Waals surface area (Å²) in [6.07, 6.45) is 0. The van der Waals surface area contributed by atoms with Crippen molar-refractivity contribution in [3.63, 3.8) is 0 Å². The molecule has 0 fully saturated rings. The van der Waals surface area contributed by atoms with Gasteiger partial charge in [-0.2, -0.15) is 0 Å². The molecule has 0 N–H and O–H groups in total. The van der Waals surface area contributed by atoms with Gasteiger partial charge in [0, 0.05) is 17.3 Å². The van der Waals surface area contributed by atoms with Crippen molar-refractivity contribution in [3.05, 3.63) is 185 Å². The fraction of sp³-hybridized carbons (Fsp3) is 0.119. The average molecular weight is 658 g/mol. The van der Waals surface area contributed by atoms with Crippen LogP contribution in [0.2, 0.25) is 0 Å². The summed E-state index contributed by atoms with van der Waals surface area (Å²) in [5.74, 6) is 0.381. The molecule has 2 heterocycles. The molecule has 0 unspecified atom stereocenters. The third-order valence-electron chi connectivity index (χ3n) is 8.77. The number of aryl methyl sites for hydroxylation is 2. The third-order valence-corrected chi connectivity index (χ3v) is 8.77. The summed E-state index contributed by atoms with van der Waals surface area (Å²) in [7, 11) is 1.35. The molecule has 8 nitrogen and oxygen atoms in total. The van der Waals surface area contributed by atoms with Gasteiger partial charge in [-0.25, -0.2) is 4.79 Å². The molecule has 0 spiro atoms. The minimum Gasteiger partial charge on any atom is -0.488 e. The highest BCUT2D eigenvalue weighted by Gasteiger charge is 2.41. The zero-order valence-electron chi connectivity index (χ0n) is 28.0. The van der Waals surface area contributed by atoms with E-state index in [9.17, 15) is 4.79 Å². The van der Waals surface area contributed by atoms with Crippen LogP contribution < -0.4 is 4.74 Å².